The number of hydrogen-bond acceptors (Lipinski definition) is 4. The van der Waals surface area contributed by atoms with E-state index in [1.807, 2.05) is 24.3 Å². The van der Waals surface area contributed by atoms with Crippen LogP contribution in [0.1, 0.15) is 23.8 Å². The maximum atomic E-state index is 13.0. The van der Waals surface area contributed by atoms with Gasteiger partial charge in [0.25, 0.3) is 0 Å². The molecule has 0 saturated carbocycles. The highest BCUT2D eigenvalue weighted by molar-refractivity contribution is 9.10. The van der Waals surface area contributed by atoms with Crippen molar-refractivity contribution >= 4 is 47.5 Å². The highest BCUT2D eigenvalue weighted by Gasteiger charge is 2.33. The topological polar surface area (TPSA) is 50.3 Å². The minimum absolute atomic E-state index is 0.156. The molecule has 2 heterocycles. The molecule has 1 aliphatic heterocycles. The van der Waals surface area contributed by atoms with Gasteiger partial charge in [0.05, 0.1) is 20.1 Å². The second-order valence-electron chi connectivity index (χ2n) is 6.15. The van der Waals surface area contributed by atoms with Crippen molar-refractivity contribution in [1.29, 1.82) is 0 Å². The number of fused-ring (bicyclic) bond motifs is 1. The van der Waals surface area contributed by atoms with Crippen LogP contribution in [0.2, 0.25) is 0 Å². The van der Waals surface area contributed by atoms with Gasteiger partial charge in [-0.15, -0.1) is 11.3 Å². The molecule has 4 rings (SSSR count). The molecule has 3 aromatic rings. The van der Waals surface area contributed by atoms with E-state index in [2.05, 4.69) is 22.0 Å². The van der Waals surface area contributed by atoms with Crippen molar-refractivity contribution in [2.45, 2.75) is 23.7 Å². The fraction of sp³-hybridized carbons (Fsp3) is 0.278. The van der Waals surface area contributed by atoms with Crippen molar-refractivity contribution in [1.82, 2.24) is 9.29 Å². The first-order valence-corrected chi connectivity index (χ1v) is 11.2. The Morgan fingerprint density at radius 3 is 2.68 bits per heavy atom. The molecule has 0 amide bonds. The Balaban J connectivity index is 1.63. The summed E-state index contributed by atoms with van der Waals surface area (Å²) in [5, 5.41) is 1.04. The van der Waals surface area contributed by atoms with Gasteiger partial charge in [-0.3, -0.25) is 0 Å². The van der Waals surface area contributed by atoms with Crippen molar-refractivity contribution in [2.75, 3.05) is 13.1 Å². The van der Waals surface area contributed by atoms with Crippen LogP contribution in [0.15, 0.2) is 57.9 Å². The Morgan fingerprint density at radius 1 is 1.12 bits per heavy atom. The molecule has 1 aromatic heterocycles. The number of nitrogens with zero attached hydrogens (tertiary/aromatic N) is 2. The molecule has 0 bridgehead atoms. The van der Waals surface area contributed by atoms with E-state index in [4.69, 9.17) is 4.98 Å². The molecule has 0 aliphatic carbocycles. The van der Waals surface area contributed by atoms with E-state index in [9.17, 15) is 8.42 Å². The zero-order chi connectivity index (χ0) is 17.4. The molecule has 1 fully saturated rings. The molecule has 25 heavy (non-hydrogen) atoms. The quantitative estimate of drug-likeness (QED) is 0.601. The normalized spacial score (nSPS) is 19.3. The van der Waals surface area contributed by atoms with E-state index < -0.39 is 10.0 Å². The minimum Gasteiger partial charge on any atom is -0.241 e. The number of aromatic nitrogens is 1. The van der Waals surface area contributed by atoms with E-state index >= 15 is 0 Å². The van der Waals surface area contributed by atoms with Crippen LogP contribution in [-0.4, -0.2) is 30.8 Å². The predicted molar refractivity (Wildman–Crippen MR) is 104 cm³/mol. The summed E-state index contributed by atoms with van der Waals surface area (Å²) in [6.07, 6.45) is 1.83. The Kier molecular flexibility index (Phi) is 4.66. The summed E-state index contributed by atoms with van der Waals surface area (Å²) < 4.78 is 29.4. The molecule has 0 spiro atoms. The van der Waals surface area contributed by atoms with Gasteiger partial charge >= 0.3 is 0 Å². The van der Waals surface area contributed by atoms with Gasteiger partial charge in [0.15, 0.2) is 0 Å². The van der Waals surface area contributed by atoms with Crippen molar-refractivity contribution in [3.8, 4) is 0 Å². The fourth-order valence-corrected chi connectivity index (χ4v) is 6.80. The minimum atomic E-state index is -3.50. The summed E-state index contributed by atoms with van der Waals surface area (Å²) >= 11 is 5.04. The molecular formula is C18H17BrN2O2S2. The third-order valence-corrected chi connectivity index (χ3v) is 8.57. The van der Waals surface area contributed by atoms with Crippen LogP contribution < -0.4 is 0 Å². The highest BCUT2D eigenvalue weighted by Crippen LogP contribution is 2.35. The number of sulfonamides is 1. The summed E-state index contributed by atoms with van der Waals surface area (Å²) in [5.41, 5.74) is 0.994. The lowest BCUT2D eigenvalue weighted by molar-refractivity contribution is 0.315. The lowest BCUT2D eigenvalue weighted by atomic mass is 10.0. The first kappa shape index (κ1) is 17.1. The zero-order valence-electron chi connectivity index (χ0n) is 13.4. The smallest absolute Gasteiger partial charge is 0.241 e. The summed E-state index contributed by atoms with van der Waals surface area (Å²) in [7, 11) is -3.50. The van der Waals surface area contributed by atoms with Gasteiger partial charge in [-0.1, -0.05) is 24.3 Å². The van der Waals surface area contributed by atoms with E-state index in [1.54, 1.807) is 33.8 Å². The summed E-state index contributed by atoms with van der Waals surface area (Å²) in [4.78, 5) is 5.06. The van der Waals surface area contributed by atoms with E-state index in [-0.39, 0.29) is 5.92 Å². The van der Waals surface area contributed by atoms with Crippen LogP contribution in [0.3, 0.4) is 0 Å². The third kappa shape index (κ3) is 3.26. The van der Waals surface area contributed by atoms with Crippen molar-refractivity contribution in [2.24, 2.45) is 0 Å². The Morgan fingerprint density at radius 2 is 1.88 bits per heavy atom. The Labute approximate surface area is 159 Å². The summed E-state index contributed by atoms with van der Waals surface area (Å²) in [6, 6.07) is 15.1. The van der Waals surface area contributed by atoms with Crippen LogP contribution >= 0.6 is 27.3 Å². The standard InChI is InChI=1S/C18H17BrN2O2S2/c19-14-7-1-4-10-17(14)25(22,23)21-11-5-6-13(12-21)18-20-15-8-2-3-9-16(15)24-18/h1-4,7-10,13H,5-6,11-12H2. The fourth-order valence-electron chi connectivity index (χ4n) is 3.22. The first-order valence-electron chi connectivity index (χ1n) is 8.16. The molecular weight excluding hydrogens is 420 g/mol. The van der Waals surface area contributed by atoms with Crippen LogP contribution in [0.25, 0.3) is 10.2 Å². The van der Waals surface area contributed by atoms with E-state index in [0.717, 1.165) is 28.1 Å². The average Bonchev–Trinajstić information content (AvgIpc) is 3.06. The van der Waals surface area contributed by atoms with Crippen LogP contribution in [-0.2, 0) is 10.0 Å². The molecule has 1 aliphatic rings. The largest absolute Gasteiger partial charge is 0.244 e. The number of thiazole rings is 1. The summed E-state index contributed by atoms with van der Waals surface area (Å²) in [5.74, 6) is 0.156. The van der Waals surface area contributed by atoms with Crippen molar-refractivity contribution in [3.05, 3.63) is 58.0 Å². The highest BCUT2D eigenvalue weighted by atomic mass is 79.9. The molecule has 0 radical (unpaired) electrons. The van der Waals surface area contributed by atoms with Crippen molar-refractivity contribution in [3.63, 3.8) is 0 Å². The van der Waals surface area contributed by atoms with Gasteiger partial charge < -0.3 is 0 Å². The molecule has 130 valence electrons. The van der Waals surface area contributed by atoms with E-state index in [0.29, 0.717) is 22.5 Å². The molecule has 1 atom stereocenters. The van der Waals surface area contributed by atoms with Gasteiger partial charge in [-0.05, 0) is 53.0 Å². The molecule has 1 unspecified atom stereocenters. The maximum Gasteiger partial charge on any atom is 0.244 e. The zero-order valence-corrected chi connectivity index (χ0v) is 16.6. The molecule has 1 saturated heterocycles. The molecule has 2 aromatic carbocycles. The van der Waals surface area contributed by atoms with Crippen molar-refractivity contribution < 1.29 is 8.42 Å². The third-order valence-electron chi connectivity index (χ3n) is 4.50. The van der Waals surface area contributed by atoms with Gasteiger partial charge in [-0.2, -0.15) is 4.31 Å². The van der Waals surface area contributed by atoms with Crippen LogP contribution in [0, 0.1) is 0 Å². The number of benzene rings is 2. The molecule has 4 nitrogen and oxygen atoms in total. The van der Waals surface area contributed by atoms with Gasteiger partial charge in [0.1, 0.15) is 0 Å². The number of piperidine rings is 1. The predicted octanol–water partition coefficient (Wildman–Crippen LogP) is 4.63. The number of para-hydroxylation sites is 1. The SMILES string of the molecule is O=S(=O)(c1ccccc1Br)N1CCCC(c2nc3ccccc3s2)C1. The average molecular weight is 437 g/mol. The van der Waals surface area contributed by atoms with Gasteiger partial charge in [0.2, 0.25) is 10.0 Å². The summed E-state index contributed by atoms with van der Waals surface area (Å²) in [6.45, 7) is 1.05. The van der Waals surface area contributed by atoms with Gasteiger partial charge in [0, 0.05) is 23.5 Å². The number of rotatable bonds is 3. The second kappa shape index (κ2) is 6.79. The van der Waals surface area contributed by atoms with Crippen LogP contribution in [0.4, 0.5) is 0 Å². The van der Waals surface area contributed by atoms with Crippen LogP contribution in [0.5, 0.6) is 0 Å². The Bertz CT molecular complexity index is 984. The first-order chi connectivity index (χ1) is 12.1. The number of halogens is 1. The number of hydrogen-bond donors (Lipinski definition) is 0. The lowest BCUT2D eigenvalue weighted by Crippen LogP contribution is -2.39. The van der Waals surface area contributed by atoms with E-state index in [1.165, 1.54) is 0 Å². The van der Waals surface area contributed by atoms with Gasteiger partial charge in [-0.25, -0.2) is 13.4 Å². The molecule has 0 N–H and O–H groups in total. The lowest BCUT2D eigenvalue weighted by Gasteiger charge is -2.31. The monoisotopic (exact) mass is 436 g/mol. The maximum absolute atomic E-state index is 13.0. The Hall–Kier alpha value is -1.28. The molecule has 7 heteroatoms. The second-order valence-corrected chi connectivity index (χ2v) is 9.98.